The van der Waals surface area contributed by atoms with Crippen LogP contribution in [0.15, 0.2) is 24.3 Å². The Morgan fingerprint density at radius 3 is 2.74 bits per heavy atom. The molecule has 1 aliphatic carbocycles. The van der Waals surface area contributed by atoms with Gasteiger partial charge in [0.05, 0.1) is 12.5 Å². The van der Waals surface area contributed by atoms with Crippen LogP contribution in [0.3, 0.4) is 0 Å². The van der Waals surface area contributed by atoms with Gasteiger partial charge in [0.25, 0.3) is 0 Å². The molecule has 2 rings (SSSR count). The lowest BCUT2D eigenvalue weighted by Gasteiger charge is -2.30. The van der Waals surface area contributed by atoms with Gasteiger partial charge >= 0.3 is 0 Å². The van der Waals surface area contributed by atoms with Gasteiger partial charge in [0.2, 0.25) is 6.54 Å². The highest BCUT2D eigenvalue weighted by Crippen LogP contribution is 2.37. The molecule has 0 saturated carbocycles. The fraction of sp³-hybridized carbons (Fsp3) is 0.357. The first-order valence-electron chi connectivity index (χ1n) is 6.00. The first-order valence-corrected chi connectivity index (χ1v) is 6.00. The second-order valence-electron chi connectivity index (χ2n) is 4.79. The Morgan fingerprint density at radius 2 is 2.11 bits per heavy atom. The van der Waals surface area contributed by atoms with E-state index in [-0.39, 0.29) is 18.7 Å². The van der Waals surface area contributed by atoms with Crippen molar-refractivity contribution in [3.8, 4) is 5.75 Å². The number of carbonyl (C=O) groups is 1. The predicted octanol–water partition coefficient (Wildman–Crippen LogP) is 2.22. The summed E-state index contributed by atoms with van der Waals surface area (Å²) in [6.07, 6.45) is 3.42. The quantitative estimate of drug-likeness (QED) is 0.615. The molecule has 0 heterocycles. The predicted molar refractivity (Wildman–Crippen MR) is 70.9 cm³/mol. The molecule has 0 bridgehead atoms. The molecule has 100 valence electrons. The molecule has 1 aromatic rings. The Balaban J connectivity index is 2.46. The molecular weight excluding hydrogens is 246 g/mol. The maximum atomic E-state index is 12.1. The number of nitro groups is 1. The van der Waals surface area contributed by atoms with Crippen LogP contribution in [0, 0.1) is 10.1 Å². The average Bonchev–Trinajstić information content (AvgIpc) is 2.41. The topological polar surface area (TPSA) is 69.4 Å². The van der Waals surface area contributed by atoms with Gasteiger partial charge in [0.15, 0.2) is 5.78 Å². The SMILES string of the molecule is COc1ccc2c(c1)[C@@](C)(CC[N+](=O)[O-])C(=O)C=C2. The highest BCUT2D eigenvalue weighted by molar-refractivity contribution is 6.04. The number of fused-ring (bicyclic) bond motifs is 1. The minimum Gasteiger partial charge on any atom is -0.497 e. The number of allylic oxidation sites excluding steroid dienone is 1. The number of nitrogens with zero attached hydrogens (tertiary/aromatic N) is 1. The maximum Gasteiger partial charge on any atom is 0.205 e. The number of methoxy groups -OCH3 is 1. The van der Waals surface area contributed by atoms with Crippen molar-refractivity contribution in [3.63, 3.8) is 0 Å². The first-order chi connectivity index (χ1) is 8.97. The second-order valence-corrected chi connectivity index (χ2v) is 4.79. The minimum absolute atomic E-state index is 0.102. The number of hydrogen-bond donors (Lipinski definition) is 0. The fourth-order valence-corrected chi connectivity index (χ4v) is 2.34. The summed E-state index contributed by atoms with van der Waals surface area (Å²) in [5, 5.41) is 10.6. The highest BCUT2D eigenvalue weighted by atomic mass is 16.6. The Kier molecular flexibility index (Phi) is 3.38. The molecule has 0 spiro atoms. The van der Waals surface area contributed by atoms with E-state index in [2.05, 4.69) is 0 Å². The molecule has 0 N–H and O–H groups in total. The lowest BCUT2D eigenvalue weighted by Crippen LogP contribution is -2.36. The molecule has 0 aromatic heterocycles. The van der Waals surface area contributed by atoms with Crippen molar-refractivity contribution in [3.05, 3.63) is 45.5 Å². The Labute approximate surface area is 111 Å². The molecule has 0 fully saturated rings. The molecule has 1 atom stereocenters. The molecule has 0 unspecified atom stereocenters. The van der Waals surface area contributed by atoms with Crippen molar-refractivity contribution >= 4 is 11.9 Å². The summed E-state index contributed by atoms with van der Waals surface area (Å²) >= 11 is 0. The Morgan fingerprint density at radius 1 is 1.37 bits per heavy atom. The third-order valence-corrected chi connectivity index (χ3v) is 3.61. The van der Waals surface area contributed by atoms with Crippen LogP contribution in [0.2, 0.25) is 0 Å². The molecule has 0 aliphatic heterocycles. The summed E-state index contributed by atoms with van der Waals surface area (Å²) in [4.78, 5) is 22.3. The summed E-state index contributed by atoms with van der Waals surface area (Å²) < 4.78 is 5.17. The van der Waals surface area contributed by atoms with Crippen molar-refractivity contribution in [2.24, 2.45) is 0 Å². The monoisotopic (exact) mass is 261 g/mol. The molecule has 5 nitrogen and oxygen atoms in total. The fourth-order valence-electron chi connectivity index (χ4n) is 2.34. The van der Waals surface area contributed by atoms with Crippen molar-refractivity contribution < 1.29 is 14.5 Å². The van der Waals surface area contributed by atoms with Crippen LogP contribution in [-0.4, -0.2) is 24.4 Å². The van der Waals surface area contributed by atoms with Crippen LogP contribution in [0.25, 0.3) is 6.08 Å². The summed E-state index contributed by atoms with van der Waals surface area (Å²) in [6, 6.07) is 5.46. The average molecular weight is 261 g/mol. The van der Waals surface area contributed by atoms with E-state index >= 15 is 0 Å². The van der Waals surface area contributed by atoms with Crippen molar-refractivity contribution in [2.75, 3.05) is 13.7 Å². The molecule has 1 aromatic carbocycles. The number of ketones is 1. The van der Waals surface area contributed by atoms with E-state index in [1.165, 1.54) is 6.08 Å². The number of hydrogen-bond acceptors (Lipinski definition) is 4. The van der Waals surface area contributed by atoms with E-state index in [0.717, 1.165) is 11.1 Å². The zero-order valence-electron chi connectivity index (χ0n) is 10.9. The number of ether oxygens (including phenoxy) is 1. The molecule has 0 amide bonds. The molecule has 0 saturated heterocycles. The highest BCUT2D eigenvalue weighted by Gasteiger charge is 2.38. The number of benzene rings is 1. The molecular formula is C14H15NO4. The smallest absolute Gasteiger partial charge is 0.205 e. The maximum absolute atomic E-state index is 12.1. The molecule has 1 aliphatic rings. The van der Waals surface area contributed by atoms with Gasteiger partial charge in [-0.3, -0.25) is 14.9 Å². The Hall–Kier alpha value is -2.17. The minimum atomic E-state index is -0.855. The summed E-state index contributed by atoms with van der Waals surface area (Å²) in [7, 11) is 1.55. The van der Waals surface area contributed by atoms with Gasteiger partial charge in [-0.15, -0.1) is 0 Å². The van der Waals surface area contributed by atoms with E-state index in [1.54, 1.807) is 26.2 Å². The largest absolute Gasteiger partial charge is 0.497 e. The first kappa shape index (κ1) is 13.3. The van der Waals surface area contributed by atoms with Crippen LogP contribution >= 0.6 is 0 Å². The normalized spacial score (nSPS) is 21.1. The number of carbonyl (C=O) groups excluding carboxylic acids is 1. The van der Waals surface area contributed by atoms with Crippen LogP contribution in [0.5, 0.6) is 5.75 Å². The zero-order chi connectivity index (χ0) is 14.0. The lowest BCUT2D eigenvalue weighted by atomic mass is 9.71. The van der Waals surface area contributed by atoms with Gasteiger partial charge in [-0.25, -0.2) is 0 Å². The third-order valence-electron chi connectivity index (χ3n) is 3.61. The van der Waals surface area contributed by atoms with Gasteiger partial charge in [-0.2, -0.15) is 0 Å². The molecule has 19 heavy (non-hydrogen) atoms. The van der Waals surface area contributed by atoms with Crippen LogP contribution in [-0.2, 0) is 10.2 Å². The molecule has 5 heteroatoms. The Bertz CT molecular complexity index is 565. The molecule has 0 radical (unpaired) electrons. The van der Waals surface area contributed by atoms with Crippen LogP contribution < -0.4 is 4.74 Å². The second kappa shape index (κ2) is 4.84. The summed E-state index contributed by atoms with van der Waals surface area (Å²) in [5.74, 6) is 0.546. The summed E-state index contributed by atoms with van der Waals surface area (Å²) in [5.41, 5.74) is 0.846. The number of rotatable bonds is 4. The van der Waals surface area contributed by atoms with E-state index in [9.17, 15) is 14.9 Å². The van der Waals surface area contributed by atoms with Gasteiger partial charge in [-0.05, 0) is 36.3 Å². The van der Waals surface area contributed by atoms with Crippen LogP contribution in [0.1, 0.15) is 24.5 Å². The van der Waals surface area contributed by atoms with Gasteiger partial charge in [0, 0.05) is 11.3 Å². The van der Waals surface area contributed by atoms with E-state index in [1.807, 2.05) is 12.1 Å². The van der Waals surface area contributed by atoms with Crippen molar-refractivity contribution in [1.29, 1.82) is 0 Å². The van der Waals surface area contributed by atoms with Crippen LogP contribution in [0.4, 0.5) is 0 Å². The summed E-state index contributed by atoms with van der Waals surface area (Å²) in [6.45, 7) is 1.52. The van der Waals surface area contributed by atoms with Gasteiger partial charge in [-0.1, -0.05) is 12.1 Å². The van der Waals surface area contributed by atoms with E-state index < -0.39 is 10.3 Å². The third kappa shape index (κ3) is 2.36. The zero-order valence-corrected chi connectivity index (χ0v) is 10.9. The van der Waals surface area contributed by atoms with Crippen molar-refractivity contribution in [1.82, 2.24) is 0 Å². The van der Waals surface area contributed by atoms with E-state index in [0.29, 0.717) is 5.75 Å². The van der Waals surface area contributed by atoms with Crippen molar-refractivity contribution in [2.45, 2.75) is 18.8 Å². The van der Waals surface area contributed by atoms with E-state index in [4.69, 9.17) is 4.74 Å². The lowest BCUT2D eigenvalue weighted by molar-refractivity contribution is -0.481. The standard InChI is InChI=1S/C14H15NO4/c1-14(7-8-15(17)18)12-9-11(19-2)5-3-10(12)4-6-13(14)16/h3-6,9H,7-8H2,1-2H3/t14-/m1/s1. The van der Waals surface area contributed by atoms with Gasteiger partial charge in [0.1, 0.15) is 5.75 Å². The van der Waals surface area contributed by atoms with Gasteiger partial charge < -0.3 is 4.74 Å².